The van der Waals surface area contributed by atoms with Gasteiger partial charge in [0.2, 0.25) is 5.91 Å². The van der Waals surface area contributed by atoms with Crippen LogP contribution in [0, 0.1) is 0 Å². The molecular weight excluding hydrogens is 258 g/mol. The maximum absolute atomic E-state index is 10.7. The number of hydrogen-bond donors (Lipinski definition) is 3. The van der Waals surface area contributed by atoms with Gasteiger partial charge >= 0.3 is 0 Å². The molecule has 1 amide bonds. The lowest BCUT2D eigenvalue weighted by Gasteiger charge is -2.19. The minimum Gasteiger partial charge on any atom is -0.495 e. The highest BCUT2D eigenvalue weighted by Gasteiger charge is 2.19. The van der Waals surface area contributed by atoms with E-state index in [1.54, 1.807) is 12.1 Å². The van der Waals surface area contributed by atoms with Crippen LogP contribution in [0.3, 0.4) is 0 Å². The SMILES string of the molecule is COc1ccc(C(O)C(O)CNC(C)=O)cc1Cl. The highest BCUT2D eigenvalue weighted by Crippen LogP contribution is 2.28. The second-order valence-electron chi connectivity index (χ2n) is 3.84. The number of rotatable bonds is 5. The fraction of sp³-hybridized carbons (Fsp3) is 0.417. The van der Waals surface area contributed by atoms with Crippen molar-refractivity contribution in [1.82, 2.24) is 5.32 Å². The molecule has 0 spiro atoms. The molecule has 3 N–H and O–H groups in total. The van der Waals surface area contributed by atoms with Crippen LogP contribution >= 0.6 is 11.6 Å². The van der Waals surface area contributed by atoms with Gasteiger partial charge in [-0.3, -0.25) is 4.79 Å². The van der Waals surface area contributed by atoms with Crippen molar-refractivity contribution >= 4 is 17.5 Å². The average Bonchev–Trinajstić information content (AvgIpc) is 2.34. The van der Waals surface area contributed by atoms with Crippen molar-refractivity contribution < 1.29 is 19.7 Å². The Labute approximate surface area is 110 Å². The van der Waals surface area contributed by atoms with E-state index in [1.807, 2.05) is 0 Å². The van der Waals surface area contributed by atoms with Gasteiger partial charge < -0.3 is 20.3 Å². The molecular formula is C12H16ClNO4. The van der Waals surface area contributed by atoms with Gasteiger partial charge in [0.15, 0.2) is 0 Å². The van der Waals surface area contributed by atoms with E-state index in [1.165, 1.54) is 20.1 Å². The number of aliphatic hydroxyl groups excluding tert-OH is 2. The van der Waals surface area contributed by atoms with E-state index < -0.39 is 12.2 Å². The van der Waals surface area contributed by atoms with Crippen LogP contribution < -0.4 is 10.1 Å². The first-order valence-corrected chi connectivity index (χ1v) is 5.77. The van der Waals surface area contributed by atoms with Gasteiger partial charge in [-0.1, -0.05) is 17.7 Å². The Bertz CT molecular complexity index is 425. The lowest BCUT2D eigenvalue weighted by molar-refractivity contribution is -0.119. The third-order valence-corrected chi connectivity index (χ3v) is 2.74. The summed E-state index contributed by atoms with van der Waals surface area (Å²) in [6.45, 7) is 1.31. The molecule has 0 fully saturated rings. The minimum absolute atomic E-state index is 0.0276. The van der Waals surface area contributed by atoms with E-state index in [0.717, 1.165) is 0 Å². The summed E-state index contributed by atoms with van der Waals surface area (Å²) in [6.07, 6.45) is -2.22. The minimum atomic E-state index is -1.12. The molecule has 0 bridgehead atoms. The van der Waals surface area contributed by atoms with Crippen LogP contribution in [0.4, 0.5) is 0 Å². The predicted molar refractivity (Wildman–Crippen MR) is 67.7 cm³/mol. The van der Waals surface area contributed by atoms with Gasteiger partial charge in [-0.15, -0.1) is 0 Å². The van der Waals surface area contributed by atoms with Crippen molar-refractivity contribution in [3.05, 3.63) is 28.8 Å². The maximum atomic E-state index is 10.7. The smallest absolute Gasteiger partial charge is 0.216 e. The molecule has 0 saturated heterocycles. The van der Waals surface area contributed by atoms with Gasteiger partial charge in [0, 0.05) is 13.5 Å². The predicted octanol–water partition coefficient (Wildman–Crippen LogP) is 0.879. The molecule has 1 aromatic rings. The van der Waals surface area contributed by atoms with Gasteiger partial charge in [-0.25, -0.2) is 0 Å². The summed E-state index contributed by atoms with van der Waals surface area (Å²) in [6, 6.07) is 4.72. The number of ether oxygens (including phenoxy) is 1. The Kier molecular flexibility index (Phi) is 5.40. The number of methoxy groups -OCH3 is 1. The third kappa shape index (κ3) is 3.87. The van der Waals surface area contributed by atoms with Crippen molar-refractivity contribution in [2.45, 2.75) is 19.1 Å². The van der Waals surface area contributed by atoms with Crippen LogP contribution in [0.1, 0.15) is 18.6 Å². The Hall–Kier alpha value is -1.30. The molecule has 0 aliphatic rings. The second kappa shape index (κ2) is 6.58. The van der Waals surface area contributed by atoms with E-state index in [9.17, 15) is 15.0 Å². The quantitative estimate of drug-likeness (QED) is 0.744. The Morgan fingerprint density at radius 2 is 2.17 bits per heavy atom. The van der Waals surface area contributed by atoms with Crippen molar-refractivity contribution in [1.29, 1.82) is 0 Å². The van der Waals surface area contributed by atoms with Crippen LogP contribution in [0.5, 0.6) is 5.75 Å². The molecule has 0 heterocycles. The number of halogens is 1. The van der Waals surface area contributed by atoms with E-state index in [0.29, 0.717) is 16.3 Å². The first-order valence-electron chi connectivity index (χ1n) is 5.39. The molecule has 0 saturated carbocycles. The fourth-order valence-electron chi connectivity index (χ4n) is 1.45. The number of benzene rings is 1. The summed E-state index contributed by atoms with van der Waals surface area (Å²) in [5.74, 6) is 0.220. The van der Waals surface area contributed by atoms with Crippen molar-refractivity contribution in [2.75, 3.05) is 13.7 Å². The standard InChI is InChI=1S/C12H16ClNO4/c1-7(15)14-6-10(16)12(17)8-3-4-11(18-2)9(13)5-8/h3-5,10,12,16-17H,6H2,1-2H3,(H,14,15). The van der Waals surface area contributed by atoms with Crippen molar-refractivity contribution in [3.8, 4) is 5.75 Å². The van der Waals surface area contributed by atoms with Crippen LogP contribution in [-0.4, -0.2) is 35.9 Å². The Morgan fingerprint density at radius 3 is 2.67 bits per heavy atom. The van der Waals surface area contributed by atoms with Crippen LogP contribution in [-0.2, 0) is 4.79 Å². The van der Waals surface area contributed by atoms with E-state index in [2.05, 4.69) is 5.32 Å². The monoisotopic (exact) mass is 273 g/mol. The zero-order valence-corrected chi connectivity index (χ0v) is 10.9. The number of carbonyl (C=O) groups is 1. The average molecular weight is 274 g/mol. The van der Waals surface area contributed by atoms with Crippen molar-refractivity contribution in [3.63, 3.8) is 0 Å². The van der Waals surface area contributed by atoms with E-state index in [4.69, 9.17) is 16.3 Å². The summed E-state index contributed by atoms with van der Waals surface area (Å²) in [4.78, 5) is 10.7. The van der Waals surface area contributed by atoms with Gasteiger partial charge in [0.25, 0.3) is 0 Å². The summed E-state index contributed by atoms with van der Waals surface area (Å²) in [5, 5.41) is 22.4. The lowest BCUT2D eigenvalue weighted by Crippen LogP contribution is -2.34. The molecule has 0 aromatic heterocycles. The Morgan fingerprint density at radius 1 is 1.50 bits per heavy atom. The largest absolute Gasteiger partial charge is 0.495 e. The molecule has 5 nitrogen and oxygen atoms in total. The summed E-state index contributed by atoms with van der Waals surface area (Å²) >= 11 is 5.92. The van der Waals surface area contributed by atoms with Crippen LogP contribution in [0.2, 0.25) is 5.02 Å². The highest BCUT2D eigenvalue weighted by molar-refractivity contribution is 6.32. The second-order valence-corrected chi connectivity index (χ2v) is 4.25. The van der Waals surface area contributed by atoms with E-state index in [-0.39, 0.29) is 12.5 Å². The van der Waals surface area contributed by atoms with Crippen molar-refractivity contribution in [2.24, 2.45) is 0 Å². The highest BCUT2D eigenvalue weighted by atomic mass is 35.5. The van der Waals surface area contributed by atoms with Crippen LogP contribution in [0.15, 0.2) is 18.2 Å². The molecule has 100 valence electrons. The van der Waals surface area contributed by atoms with Gasteiger partial charge in [0.1, 0.15) is 18.0 Å². The first-order chi connectivity index (χ1) is 8.45. The molecule has 2 atom stereocenters. The first kappa shape index (κ1) is 14.8. The van der Waals surface area contributed by atoms with E-state index >= 15 is 0 Å². The third-order valence-electron chi connectivity index (χ3n) is 2.44. The number of aliphatic hydroxyl groups is 2. The molecule has 18 heavy (non-hydrogen) atoms. The molecule has 2 unspecified atom stereocenters. The van der Waals surface area contributed by atoms with Crippen LogP contribution in [0.25, 0.3) is 0 Å². The number of hydrogen-bond acceptors (Lipinski definition) is 4. The molecule has 6 heteroatoms. The lowest BCUT2D eigenvalue weighted by atomic mass is 10.0. The molecule has 1 rings (SSSR count). The summed E-state index contributed by atoms with van der Waals surface area (Å²) in [7, 11) is 1.49. The maximum Gasteiger partial charge on any atom is 0.216 e. The number of nitrogens with one attached hydrogen (secondary N) is 1. The molecule has 0 aliphatic carbocycles. The zero-order valence-electron chi connectivity index (χ0n) is 10.2. The molecule has 0 radical (unpaired) electrons. The number of carbonyl (C=O) groups excluding carboxylic acids is 1. The zero-order chi connectivity index (χ0) is 13.7. The summed E-state index contributed by atoms with van der Waals surface area (Å²) in [5.41, 5.74) is 0.457. The Balaban J connectivity index is 2.74. The van der Waals surface area contributed by atoms with Gasteiger partial charge in [-0.2, -0.15) is 0 Å². The normalized spacial score (nSPS) is 13.8. The van der Waals surface area contributed by atoms with Gasteiger partial charge in [0.05, 0.1) is 12.1 Å². The fourth-order valence-corrected chi connectivity index (χ4v) is 1.71. The molecule has 1 aromatic carbocycles. The summed E-state index contributed by atoms with van der Waals surface area (Å²) < 4.78 is 4.99. The molecule has 0 aliphatic heterocycles. The number of amides is 1. The van der Waals surface area contributed by atoms with Gasteiger partial charge in [-0.05, 0) is 17.7 Å². The topological polar surface area (TPSA) is 78.8 Å².